The third-order valence-electron chi connectivity index (χ3n) is 2.19. The fraction of sp³-hybridized carbons (Fsp3) is 0.417. The number of rotatable bonds is 6. The van der Waals surface area contributed by atoms with Gasteiger partial charge in [0.25, 0.3) is 5.91 Å². The first-order chi connectivity index (χ1) is 8.16. The van der Waals surface area contributed by atoms with E-state index in [-0.39, 0.29) is 5.56 Å². The lowest BCUT2D eigenvalue weighted by Gasteiger charge is -2.07. The van der Waals surface area contributed by atoms with Crippen LogP contribution >= 0.6 is 11.6 Å². The van der Waals surface area contributed by atoms with Gasteiger partial charge in [-0.1, -0.05) is 12.1 Å². The van der Waals surface area contributed by atoms with Gasteiger partial charge in [0.2, 0.25) is 0 Å². The zero-order valence-electron chi connectivity index (χ0n) is 9.63. The van der Waals surface area contributed by atoms with Gasteiger partial charge in [-0.25, -0.2) is 4.39 Å². The van der Waals surface area contributed by atoms with Crippen molar-refractivity contribution in [2.24, 2.45) is 0 Å². The Morgan fingerprint density at radius 3 is 2.94 bits per heavy atom. The van der Waals surface area contributed by atoms with Gasteiger partial charge in [0.15, 0.2) is 0 Å². The van der Waals surface area contributed by atoms with E-state index in [1.807, 2.05) is 0 Å². The van der Waals surface area contributed by atoms with Gasteiger partial charge in [0.05, 0.1) is 18.8 Å². The second kappa shape index (κ2) is 7.25. The van der Waals surface area contributed by atoms with Gasteiger partial charge in [0, 0.05) is 12.4 Å². The second-order valence-corrected chi connectivity index (χ2v) is 3.87. The molecule has 0 spiro atoms. The summed E-state index contributed by atoms with van der Waals surface area (Å²) >= 11 is 5.42. The third kappa shape index (κ3) is 4.32. The van der Waals surface area contributed by atoms with Gasteiger partial charge >= 0.3 is 0 Å². The zero-order valence-corrected chi connectivity index (χ0v) is 10.4. The Hall–Kier alpha value is -1.13. The summed E-state index contributed by atoms with van der Waals surface area (Å²) in [6.07, 6.45) is 0. The lowest BCUT2D eigenvalue weighted by Crippen LogP contribution is -2.28. The number of ether oxygens (including phenoxy) is 1. The number of benzene rings is 1. The van der Waals surface area contributed by atoms with Crippen molar-refractivity contribution < 1.29 is 13.9 Å². The molecule has 0 fully saturated rings. The van der Waals surface area contributed by atoms with Crippen molar-refractivity contribution in [1.82, 2.24) is 5.32 Å². The SMILES string of the molecule is Cc1cccc(C(=O)NCCOCCCl)c1F. The highest BCUT2D eigenvalue weighted by molar-refractivity contribution is 6.17. The molecule has 17 heavy (non-hydrogen) atoms. The monoisotopic (exact) mass is 259 g/mol. The van der Waals surface area contributed by atoms with Crippen LogP contribution in [0.3, 0.4) is 0 Å². The van der Waals surface area contributed by atoms with Crippen molar-refractivity contribution >= 4 is 17.5 Å². The zero-order chi connectivity index (χ0) is 12.7. The molecular formula is C12H15ClFNO2. The van der Waals surface area contributed by atoms with Crippen LogP contribution in [0.15, 0.2) is 18.2 Å². The van der Waals surface area contributed by atoms with E-state index in [1.165, 1.54) is 6.07 Å². The van der Waals surface area contributed by atoms with E-state index in [2.05, 4.69) is 5.32 Å². The molecule has 0 saturated carbocycles. The van der Waals surface area contributed by atoms with Gasteiger partial charge in [-0.2, -0.15) is 0 Å². The standard InChI is InChI=1S/C12H15ClFNO2/c1-9-3-2-4-10(11(9)14)12(16)15-6-8-17-7-5-13/h2-4H,5-8H2,1H3,(H,15,16). The number of amides is 1. The van der Waals surface area contributed by atoms with Crippen LogP contribution < -0.4 is 5.32 Å². The maximum atomic E-state index is 13.6. The first kappa shape index (κ1) is 13.9. The summed E-state index contributed by atoms with van der Waals surface area (Å²) in [4.78, 5) is 11.6. The molecule has 1 rings (SSSR count). The van der Waals surface area contributed by atoms with Crippen molar-refractivity contribution in [2.45, 2.75) is 6.92 Å². The van der Waals surface area contributed by atoms with Gasteiger partial charge in [-0.05, 0) is 18.6 Å². The normalized spacial score (nSPS) is 10.3. The van der Waals surface area contributed by atoms with Crippen LogP contribution in [0, 0.1) is 12.7 Å². The van der Waals surface area contributed by atoms with Gasteiger partial charge in [-0.15, -0.1) is 11.6 Å². The van der Waals surface area contributed by atoms with Crippen molar-refractivity contribution in [1.29, 1.82) is 0 Å². The van der Waals surface area contributed by atoms with Crippen molar-refractivity contribution in [3.05, 3.63) is 35.1 Å². The average molecular weight is 260 g/mol. The molecule has 0 saturated heterocycles. The highest BCUT2D eigenvalue weighted by atomic mass is 35.5. The number of carbonyl (C=O) groups is 1. The van der Waals surface area contributed by atoms with Crippen LogP contribution in [-0.4, -0.2) is 31.5 Å². The van der Waals surface area contributed by atoms with Crippen LogP contribution in [0.4, 0.5) is 4.39 Å². The number of halogens is 2. The maximum Gasteiger partial charge on any atom is 0.254 e. The fourth-order valence-electron chi connectivity index (χ4n) is 1.31. The Morgan fingerprint density at radius 2 is 2.24 bits per heavy atom. The Balaban J connectivity index is 2.44. The first-order valence-electron chi connectivity index (χ1n) is 5.34. The van der Waals surface area contributed by atoms with E-state index in [0.717, 1.165) is 0 Å². The van der Waals surface area contributed by atoms with E-state index in [4.69, 9.17) is 16.3 Å². The number of nitrogens with one attached hydrogen (secondary N) is 1. The molecule has 94 valence electrons. The van der Waals surface area contributed by atoms with E-state index in [0.29, 0.717) is 31.2 Å². The average Bonchev–Trinajstić information content (AvgIpc) is 2.32. The van der Waals surface area contributed by atoms with Crippen LogP contribution in [0.5, 0.6) is 0 Å². The van der Waals surface area contributed by atoms with E-state index in [1.54, 1.807) is 19.1 Å². The highest BCUT2D eigenvalue weighted by Gasteiger charge is 2.12. The lowest BCUT2D eigenvalue weighted by molar-refractivity contribution is 0.0919. The van der Waals surface area contributed by atoms with Crippen molar-refractivity contribution in [3.63, 3.8) is 0 Å². The van der Waals surface area contributed by atoms with Crippen molar-refractivity contribution in [3.8, 4) is 0 Å². The topological polar surface area (TPSA) is 38.3 Å². The number of hydrogen-bond donors (Lipinski definition) is 1. The Morgan fingerprint density at radius 1 is 1.47 bits per heavy atom. The molecule has 1 aromatic carbocycles. The molecule has 1 amide bonds. The van der Waals surface area contributed by atoms with Crippen molar-refractivity contribution in [2.75, 3.05) is 25.6 Å². The molecule has 0 atom stereocenters. The molecule has 5 heteroatoms. The third-order valence-corrected chi connectivity index (χ3v) is 2.34. The molecule has 0 heterocycles. The number of aryl methyl sites for hydroxylation is 1. The highest BCUT2D eigenvalue weighted by Crippen LogP contribution is 2.11. The smallest absolute Gasteiger partial charge is 0.254 e. The molecule has 0 aliphatic rings. The van der Waals surface area contributed by atoms with Gasteiger partial charge in [-0.3, -0.25) is 4.79 Å². The maximum absolute atomic E-state index is 13.6. The van der Waals surface area contributed by atoms with Crippen LogP contribution in [0.1, 0.15) is 15.9 Å². The summed E-state index contributed by atoms with van der Waals surface area (Å²) in [7, 11) is 0. The summed E-state index contributed by atoms with van der Waals surface area (Å²) < 4.78 is 18.7. The van der Waals surface area contributed by atoms with Gasteiger partial charge in [0.1, 0.15) is 5.82 Å². The summed E-state index contributed by atoms with van der Waals surface area (Å²) in [6, 6.07) is 4.73. The molecule has 0 aliphatic carbocycles. The molecule has 0 bridgehead atoms. The minimum Gasteiger partial charge on any atom is -0.378 e. The Bertz CT molecular complexity index is 385. The molecule has 1 N–H and O–H groups in total. The molecule has 0 aliphatic heterocycles. The summed E-state index contributed by atoms with van der Waals surface area (Å²) in [5, 5.41) is 2.58. The predicted octanol–water partition coefficient (Wildman–Crippen LogP) is 2.12. The van der Waals surface area contributed by atoms with E-state index < -0.39 is 11.7 Å². The van der Waals surface area contributed by atoms with Crippen LogP contribution in [-0.2, 0) is 4.74 Å². The molecule has 0 radical (unpaired) electrons. The summed E-state index contributed by atoms with van der Waals surface area (Å²) in [5.74, 6) is -0.493. The molecule has 0 unspecified atom stereocenters. The van der Waals surface area contributed by atoms with Gasteiger partial charge < -0.3 is 10.1 Å². The number of alkyl halides is 1. The quantitative estimate of drug-likeness (QED) is 0.628. The largest absolute Gasteiger partial charge is 0.378 e. The Kier molecular flexibility index (Phi) is 5.94. The molecule has 3 nitrogen and oxygen atoms in total. The summed E-state index contributed by atoms with van der Waals surface area (Å²) in [6.45, 7) is 2.76. The first-order valence-corrected chi connectivity index (χ1v) is 5.87. The lowest BCUT2D eigenvalue weighted by atomic mass is 10.1. The summed E-state index contributed by atoms with van der Waals surface area (Å²) in [5.41, 5.74) is 0.512. The van der Waals surface area contributed by atoms with E-state index in [9.17, 15) is 9.18 Å². The van der Waals surface area contributed by atoms with E-state index >= 15 is 0 Å². The number of carbonyl (C=O) groups excluding carboxylic acids is 1. The predicted molar refractivity (Wildman–Crippen MR) is 65.0 cm³/mol. The minimum absolute atomic E-state index is 0.0577. The number of hydrogen-bond acceptors (Lipinski definition) is 2. The fourth-order valence-corrected chi connectivity index (χ4v) is 1.42. The van der Waals surface area contributed by atoms with Crippen LogP contribution in [0.2, 0.25) is 0 Å². The molecular weight excluding hydrogens is 245 g/mol. The molecule has 1 aromatic rings. The van der Waals surface area contributed by atoms with Crippen LogP contribution in [0.25, 0.3) is 0 Å². The second-order valence-electron chi connectivity index (χ2n) is 3.49. The minimum atomic E-state index is -0.480. The Labute approximate surface area is 105 Å². The molecule has 0 aromatic heterocycles.